The fourth-order valence-electron chi connectivity index (χ4n) is 5.28. The molecular weight excluding hydrogens is 488 g/mol. The highest BCUT2D eigenvalue weighted by Crippen LogP contribution is 2.34. The van der Waals surface area contributed by atoms with Crippen LogP contribution in [0.25, 0.3) is 0 Å². The number of carbonyl (C=O) groups is 2. The van der Waals surface area contributed by atoms with E-state index in [0.717, 1.165) is 44.0 Å². The van der Waals surface area contributed by atoms with Crippen LogP contribution in [0.15, 0.2) is 42.5 Å². The van der Waals surface area contributed by atoms with Gasteiger partial charge in [0, 0.05) is 49.9 Å². The van der Waals surface area contributed by atoms with E-state index in [1.54, 1.807) is 21.9 Å². The molecule has 204 valence electrons. The summed E-state index contributed by atoms with van der Waals surface area (Å²) in [5.74, 6) is 0.463. The largest absolute Gasteiger partial charge is 0.489 e. The van der Waals surface area contributed by atoms with Crippen molar-refractivity contribution in [2.45, 2.75) is 44.5 Å². The molecule has 10 heteroatoms. The maximum Gasteiger partial charge on any atom is 0.255 e. The molecule has 0 aliphatic carbocycles. The lowest BCUT2D eigenvalue weighted by molar-refractivity contribution is -0.0478. The second kappa shape index (κ2) is 11.8. The minimum absolute atomic E-state index is 0.0166. The monoisotopic (exact) mass is 524 g/mol. The van der Waals surface area contributed by atoms with E-state index in [9.17, 15) is 19.8 Å². The number of hydrogen-bond acceptors (Lipinski definition) is 8. The molecule has 38 heavy (non-hydrogen) atoms. The van der Waals surface area contributed by atoms with Gasteiger partial charge in [0.25, 0.3) is 11.8 Å². The molecule has 0 spiro atoms. The van der Waals surface area contributed by atoms with Gasteiger partial charge in [-0.1, -0.05) is 18.2 Å². The Labute approximate surface area is 222 Å². The zero-order chi connectivity index (χ0) is 26.6. The smallest absolute Gasteiger partial charge is 0.255 e. The number of morpholine rings is 1. The Bertz CT molecular complexity index is 1140. The van der Waals surface area contributed by atoms with E-state index in [0.29, 0.717) is 49.4 Å². The van der Waals surface area contributed by atoms with E-state index in [2.05, 4.69) is 10.2 Å². The van der Waals surface area contributed by atoms with Crippen molar-refractivity contribution in [3.8, 4) is 5.75 Å². The third-order valence-corrected chi connectivity index (χ3v) is 7.61. The Morgan fingerprint density at radius 3 is 2.63 bits per heavy atom. The summed E-state index contributed by atoms with van der Waals surface area (Å²) in [6, 6.07) is 12.4. The van der Waals surface area contributed by atoms with Gasteiger partial charge < -0.3 is 29.5 Å². The van der Waals surface area contributed by atoms with Crippen LogP contribution in [0.1, 0.15) is 44.7 Å². The average molecular weight is 525 g/mol. The number of nitrogens with one attached hydrogen (secondary N) is 1. The summed E-state index contributed by atoms with van der Waals surface area (Å²) < 4.78 is 11.5. The van der Waals surface area contributed by atoms with Crippen LogP contribution in [0.3, 0.4) is 0 Å². The molecule has 2 aromatic carbocycles. The van der Waals surface area contributed by atoms with Gasteiger partial charge in [-0.15, -0.1) is 0 Å². The SMILES string of the molecule is CN(CCN1CCOCC1)C(=O)c1ccc(COc2cccc3c2CN(C2CCC(O)NC2O)C3=O)cc1. The molecule has 0 bridgehead atoms. The number of nitrogens with zero attached hydrogens (tertiary/aromatic N) is 3. The fourth-order valence-corrected chi connectivity index (χ4v) is 5.28. The van der Waals surface area contributed by atoms with E-state index < -0.39 is 18.5 Å². The van der Waals surface area contributed by atoms with E-state index in [1.165, 1.54) is 0 Å². The van der Waals surface area contributed by atoms with Crippen molar-refractivity contribution in [3.63, 3.8) is 0 Å². The minimum atomic E-state index is -0.985. The number of amides is 2. The Hall–Kier alpha value is -3.02. The topological polar surface area (TPSA) is 115 Å². The van der Waals surface area contributed by atoms with Crippen molar-refractivity contribution in [2.75, 3.05) is 46.4 Å². The van der Waals surface area contributed by atoms with Crippen molar-refractivity contribution in [1.29, 1.82) is 0 Å². The van der Waals surface area contributed by atoms with Crippen LogP contribution in [0.5, 0.6) is 5.75 Å². The number of carbonyl (C=O) groups excluding carboxylic acids is 2. The van der Waals surface area contributed by atoms with Gasteiger partial charge in [-0.05, 0) is 42.7 Å². The predicted molar refractivity (Wildman–Crippen MR) is 139 cm³/mol. The van der Waals surface area contributed by atoms with Crippen LogP contribution < -0.4 is 10.1 Å². The Balaban J connectivity index is 1.17. The van der Waals surface area contributed by atoms with Gasteiger partial charge in [-0.3, -0.25) is 19.8 Å². The molecule has 2 amide bonds. The third kappa shape index (κ3) is 5.84. The molecule has 3 unspecified atom stereocenters. The van der Waals surface area contributed by atoms with E-state index >= 15 is 0 Å². The predicted octanol–water partition coefficient (Wildman–Crippen LogP) is 1.01. The van der Waals surface area contributed by atoms with Crippen molar-refractivity contribution in [1.82, 2.24) is 20.0 Å². The Morgan fingerprint density at radius 1 is 1.13 bits per heavy atom. The molecule has 3 aliphatic rings. The highest BCUT2D eigenvalue weighted by atomic mass is 16.5. The number of fused-ring (bicyclic) bond motifs is 1. The van der Waals surface area contributed by atoms with Crippen molar-refractivity contribution in [3.05, 3.63) is 64.7 Å². The van der Waals surface area contributed by atoms with E-state index in [1.807, 2.05) is 37.4 Å². The molecule has 2 aromatic rings. The van der Waals surface area contributed by atoms with Gasteiger partial charge >= 0.3 is 0 Å². The third-order valence-electron chi connectivity index (χ3n) is 7.61. The number of hydrogen-bond donors (Lipinski definition) is 3. The standard InChI is InChI=1S/C28H36N4O6/c1-30(11-12-31-13-15-37-16-14-31)27(35)20-7-5-19(6-8-20)18-38-24-4-2-3-21-22(24)17-32(28(21)36)23-9-10-25(33)29-26(23)34/h2-8,23,25-26,29,33-34H,9-18H2,1H3. The molecule has 3 N–H and O–H groups in total. The number of ether oxygens (including phenoxy) is 2. The van der Waals surface area contributed by atoms with Crippen LogP contribution in [0.2, 0.25) is 0 Å². The summed E-state index contributed by atoms with van der Waals surface area (Å²) in [5.41, 5.74) is 2.91. The first-order chi connectivity index (χ1) is 18.4. The summed E-state index contributed by atoms with van der Waals surface area (Å²) in [6.45, 7) is 5.42. The van der Waals surface area contributed by atoms with Gasteiger partial charge in [0.1, 0.15) is 24.8 Å². The number of aliphatic hydroxyl groups is 2. The lowest BCUT2D eigenvalue weighted by Gasteiger charge is -2.37. The maximum absolute atomic E-state index is 13.1. The number of benzene rings is 2. The molecule has 0 saturated carbocycles. The van der Waals surface area contributed by atoms with Gasteiger partial charge in [0.15, 0.2) is 0 Å². The molecule has 3 heterocycles. The van der Waals surface area contributed by atoms with Crippen LogP contribution in [0.4, 0.5) is 0 Å². The number of likely N-dealkylation sites (N-methyl/N-ethyl adjacent to an activating group) is 1. The summed E-state index contributed by atoms with van der Waals surface area (Å²) in [6.07, 6.45) is -0.773. The van der Waals surface area contributed by atoms with E-state index in [4.69, 9.17) is 9.47 Å². The molecular formula is C28H36N4O6. The number of rotatable bonds is 8. The number of piperidine rings is 1. The van der Waals surface area contributed by atoms with E-state index in [-0.39, 0.29) is 11.8 Å². The van der Waals surface area contributed by atoms with Gasteiger partial charge in [-0.25, -0.2) is 0 Å². The number of aliphatic hydroxyl groups excluding tert-OH is 2. The molecule has 5 rings (SSSR count). The Kier molecular flexibility index (Phi) is 8.25. The molecule has 3 atom stereocenters. The van der Waals surface area contributed by atoms with Gasteiger partial charge in [0.2, 0.25) is 0 Å². The zero-order valence-electron chi connectivity index (χ0n) is 21.7. The first kappa shape index (κ1) is 26.6. The summed E-state index contributed by atoms with van der Waals surface area (Å²) in [5, 5.41) is 22.8. The summed E-state index contributed by atoms with van der Waals surface area (Å²) >= 11 is 0. The van der Waals surface area contributed by atoms with Crippen LogP contribution in [-0.2, 0) is 17.9 Å². The normalized spacial score (nSPS) is 23.8. The maximum atomic E-state index is 13.1. The summed E-state index contributed by atoms with van der Waals surface area (Å²) in [7, 11) is 1.82. The highest BCUT2D eigenvalue weighted by molar-refractivity contribution is 5.99. The molecule has 2 fully saturated rings. The zero-order valence-corrected chi connectivity index (χ0v) is 21.7. The lowest BCUT2D eigenvalue weighted by atomic mass is 10.0. The molecule has 0 radical (unpaired) electrons. The minimum Gasteiger partial charge on any atom is -0.489 e. The molecule has 10 nitrogen and oxygen atoms in total. The second-order valence-corrected chi connectivity index (χ2v) is 10.2. The second-order valence-electron chi connectivity index (χ2n) is 10.2. The Morgan fingerprint density at radius 2 is 1.89 bits per heavy atom. The fraction of sp³-hybridized carbons (Fsp3) is 0.500. The van der Waals surface area contributed by atoms with Crippen molar-refractivity contribution < 1.29 is 29.3 Å². The first-order valence-electron chi connectivity index (χ1n) is 13.2. The van der Waals surface area contributed by atoms with Crippen molar-refractivity contribution in [2.24, 2.45) is 0 Å². The van der Waals surface area contributed by atoms with Crippen molar-refractivity contribution >= 4 is 11.8 Å². The summed E-state index contributed by atoms with van der Waals surface area (Å²) in [4.78, 5) is 31.6. The van der Waals surface area contributed by atoms with Gasteiger partial charge in [-0.2, -0.15) is 0 Å². The van der Waals surface area contributed by atoms with Gasteiger partial charge in [0.05, 0.1) is 25.8 Å². The van der Waals surface area contributed by atoms with Crippen LogP contribution >= 0.6 is 0 Å². The quantitative estimate of drug-likeness (QED) is 0.469. The first-order valence-corrected chi connectivity index (χ1v) is 13.2. The lowest BCUT2D eigenvalue weighted by Crippen LogP contribution is -2.56. The molecule has 3 aliphatic heterocycles. The molecule has 0 aromatic heterocycles. The highest BCUT2D eigenvalue weighted by Gasteiger charge is 2.40. The molecule has 2 saturated heterocycles. The van der Waals surface area contributed by atoms with Crippen LogP contribution in [-0.4, -0.2) is 102 Å². The average Bonchev–Trinajstić information content (AvgIpc) is 3.27. The van der Waals surface area contributed by atoms with Crippen LogP contribution in [0, 0.1) is 0 Å².